The Balaban J connectivity index is 2.73. The molecule has 6 heteroatoms. The molecule has 0 radical (unpaired) electrons. The molecule has 0 aliphatic carbocycles. The zero-order valence-electron chi connectivity index (χ0n) is 10.1. The average Bonchev–Trinajstić information content (AvgIpc) is 2.35. The van der Waals surface area contributed by atoms with Crippen molar-refractivity contribution in [3.63, 3.8) is 0 Å². The molecule has 0 bridgehead atoms. The van der Waals surface area contributed by atoms with Gasteiger partial charge in [-0.1, -0.05) is 0 Å². The zero-order valence-corrected chi connectivity index (χ0v) is 10.1. The highest BCUT2D eigenvalue weighted by Gasteiger charge is 2.33. The summed E-state index contributed by atoms with van der Waals surface area (Å²) in [7, 11) is 0. The number of hydrogen-bond acceptors (Lipinski definition) is 3. The third-order valence-electron chi connectivity index (χ3n) is 3.06. The van der Waals surface area contributed by atoms with E-state index in [0.29, 0.717) is 19.5 Å². The maximum atomic E-state index is 12.1. The minimum absolute atomic E-state index is 0.106. The number of aliphatic hydroxyl groups is 1. The van der Waals surface area contributed by atoms with Gasteiger partial charge < -0.3 is 20.0 Å². The van der Waals surface area contributed by atoms with E-state index < -0.39 is 12.0 Å². The summed E-state index contributed by atoms with van der Waals surface area (Å²) in [6.07, 6.45) is 2.19. The SMILES string of the molecule is CCN(CCO)C(=O)N1CCCCC1C(=O)O. The van der Waals surface area contributed by atoms with Crippen molar-refractivity contribution >= 4 is 12.0 Å². The van der Waals surface area contributed by atoms with Gasteiger partial charge in [0, 0.05) is 19.6 Å². The Kier molecular flexibility index (Phi) is 5.21. The predicted molar refractivity (Wildman–Crippen MR) is 61.7 cm³/mol. The summed E-state index contributed by atoms with van der Waals surface area (Å²) < 4.78 is 0. The summed E-state index contributed by atoms with van der Waals surface area (Å²) in [4.78, 5) is 26.1. The van der Waals surface area contributed by atoms with Crippen molar-refractivity contribution in [3.8, 4) is 0 Å². The number of aliphatic hydroxyl groups excluding tert-OH is 1. The van der Waals surface area contributed by atoms with Crippen LogP contribution in [-0.2, 0) is 4.79 Å². The Labute approximate surface area is 101 Å². The number of likely N-dealkylation sites (tertiary alicyclic amines) is 1. The molecule has 0 aromatic heterocycles. The summed E-state index contributed by atoms with van der Waals surface area (Å²) in [5.74, 6) is -0.946. The van der Waals surface area contributed by atoms with E-state index in [1.165, 1.54) is 9.80 Å². The molecule has 0 aromatic carbocycles. The molecule has 1 aliphatic rings. The van der Waals surface area contributed by atoms with Crippen molar-refractivity contribution < 1.29 is 19.8 Å². The molecule has 1 fully saturated rings. The van der Waals surface area contributed by atoms with Gasteiger partial charge in [0.15, 0.2) is 0 Å². The van der Waals surface area contributed by atoms with Crippen LogP contribution in [0.2, 0.25) is 0 Å². The van der Waals surface area contributed by atoms with Crippen molar-refractivity contribution in [2.24, 2.45) is 0 Å². The van der Waals surface area contributed by atoms with Gasteiger partial charge in [-0.25, -0.2) is 9.59 Å². The zero-order chi connectivity index (χ0) is 12.8. The normalized spacial score (nSPS) is 20.1. The van der Waals surface area contributed by atoms with Crippen LogP contribution in [0.4, 0.5) is 4.79 Å². The highest BCUT2D eigenvalue weighted by Crippen LogP contribution is 2.18. The minimum atomic E-state index is -0.946. The van der Waals surface area contributed by atoms with E-state index in [4.69, 9.17) is 10.2 Å². The van der Waals surface area contributed by atoms with E-state index in [1.54, 1.807) is 0 Å². The quantitative estimate of drug-likeness (QED) is 0.748. The molecule has 98 valence electrons. The van der Waals surface area contributed by atoms with Gasteiger partial charge in [-0.3, -0.25) is 0 Å². The second-order valence-corrected chi connectivity index (χ2v) is 4.13. The molecule has 1 atom stereocenters. The predicted octanol–water partition coefficient (Wildman–Crippen LogP) is 0.360. The number of piperidine rings is 1. The van der Waals surface area contributed by atoms with Crippen molar-refractivity contribution in [3.05, 3.63) is 0 Å². The minimum Gasteiger partial charge on any atom is -0.480 e. The lowest BCUT2D eigenvalue weighted by molar-refractivity contribution is -0.143. The van der Waals surface area contributed by atoms with Gasteiger partial charge in [0.05, 0.1) is 6.61 Å². The molecule has 0 aromatic rings. The molecule has 6 nitrogen and oxygen atoms in total. The number of urea groups is 1. The molecule has 0 saturated carbocycles. The second-order valence-electron chi connectivity index (χ2n) is 4.13. The van der Waals surface area contributed by atoms with Gasteiger partial charge in [-0.05, 0) is 26.2 Å². The molecule has 17 heavy (non-hydrogen) atoms. The van der Waals surface area contributed by atoms with E-state index in [9.17, 15) is 9.59 Å². The Morgan fingerprint density at radius 1 is 1.41 bits per heavy atom. The van der Waals surface area contributed by atoms with Gasteiger partial charge in [0.2, 0.25) is 0 Å². The van der Waals surface area contributed by atoms with Crippen LogP contribution in [0.25, 0.3) is 0 Å². The summed E-state index contributed by atoms with van der Waals surface area (Å²) >= 11 is 0. The molecular formula is C11H20N2O4. The standard InChI is InChI=1S/C11H20N2O4/c1-2-12(7-8-14)11(17)13-6-4-3-5-9(13)10(15)16/h9,14H,2-8H2,1H3,(H,15,16). The number of likely N-dealkylation sites (N-methyl/N-ethyl adjacent to an activating group) is 1. The van der Waals surface area contributed by atoms with Crippen molar-refractivity contribution in [2.75, 3.05) is 26.2 Å². The highest BCUT2D eigenvalue weighted by atomic mass is 16.4. The molecular weight excluding hydrogens is 224 g/mol. The van der Waals surface area contributed by atoms with Crippen LogP contribution in [0.15, 0.2) is 0 Å². The Bertz CT molecular complexity index is 283. The van der Waals surface area contributed by atoms with Crippen LogP contribution in [-0.4, -0.2) is 64.3 Å². The fourth-order valence-corrected chi connectivity index (χ4v) is 2.11. The number of hydrogen-bond donors (Lipinski definition) is 2. The molecule has 1 heterocycles. The summed E-state index contributed by atoms with van der Waals surface area (Å²) in [5, 5.41) is 17.9. The number of carboxylic acid groups (broad SMARTS) is 1. The van der Waals surface area contributed by atoms with E-state index in [1.807, 2.05) is 6.92 Å². The van der Waals surface area contributed by atoms with Gasteiger partial charge >= 0.3 is 12.0 Å². The summed E-state index contributed by atoms with van der Waals surface area (Å²) in [6.45, 7) is 2.91. The fourth-order valence-electron chi connectivity index (χ4n) is 2.11. The number of rotatable bonds is 4. The van der Waals surface area contributed by atoms with E-state index in [2.05, 4.69) is 0 Å². The molecule has 0 spiro atoms. The number of carboxylic acids is 1. The van der Waals surface area contributed by atoms with Crippen molar-refractivity contribution in [1.29, 1.82) is 0 Å². The number of aliphatic carboxylic acids is 1. The highest BCUT2D eigenvalue weighted by molar-refractivity contribution is 5.82. The molecule has 1 rings (SSSR count). The molecule has 2 amide bonds. The smallest absolute Gasteiger partial charge is 0.326 e. The van der Waals surface area contributed by atoms with Crippen LogP contribution >= 0.6 is 0 Å². The summed E-state index contributed by atoms with van der Waals surface area (Å²) in [6, 6.07) is -1.00. The van der Waals surface area contributed by atoms with Gasteiger partial charge in [0.1, 0.15) is 6.04 Å². The Morgan fingerprint density at radius 3 is 2.65 bits per heavy atom. The second kappa shape index (κ2) is 6.44. The first-order valence-corrected chi connectivity index (χ1v) is 6.01. The lowest BCUT2D eigenvalue weighted by Crippen LogP contribution is -2.53. The number of carbonyl (C=O) groups excluding carboxylic acids is 1. The maximum absolute atomic E-state index is 12.1. The van der Waals surface area contributed by atoms with Crippen LogP contribution in [0.5, 0.6) is 0 Å². The van der Waals surface area contributed by atoms with Crippen LogP contribution in [0.3, 0.4) is 0 Å². The first-order chi connectivity index (χ1) is 8.11. The molecule has 1 saturated heterocycles. The monoisotopic (exact) mass is 244 g/mol. The Morgan fingerprint density at radius 2 is 2.12 bits per heavy atom. The van der Waals surface area contributed by atoms with E-state index >= 15 is 0 Å². The topological polar surface area (TPSA) is 81.1 Å². The Hall–Kier alpha value is -1.30. The van der Waals surface area contributed by atoms with Gasteiger partial charge in [-0.15, -0.1) is 0 Å². The molecule has 1 aliphatic heterocycles. The number of carbonyl (C=O) groups is 2. The maximum Gasteiger partial charge on any atom is 0.326 e. The summed E-state index contributed by atoms with van der Waals surface area (Å²) in [5.41, 5.74) is 0. The van der Waals surface area contributed by atoms with Crippen LogP contribution < -0.4 is 0 Å². The van der Waals surface area contributed by atoms with Crippen LogP contribution in [0.1, 0.15) is 26.2 Å². The lowest BCUT2D eigenvalue weighted by Gasteiger charge is -2.36. The third kappa shape index (κ3) is 3.33. The van der Waals surface area contributed by atoms with Gasteiger partial charge in [-0.2, -0.15) is 0 Å². The first-order valence-electron chi connectivity index (χ1n) is 6.01. The number of amides is 2. The third-order valence-corrected chi connectivity index (χ3v) is 3.06. The molecule has 1 unspecified atom stereocenters. The largest absolute Gasteiger partial charge is 0.480 e. The van der Waals surface area contributed by atoms with E-state index in [0.717, 1.165) is 12.8 Å². The lowest BCUT2D eigenvalue weighted by atomic mass is 10.0. The fraction of sp³-hybridized carbons (Fsp3) is 0.818. The number of nitrogens with zero attached hydrogens (tertiary/aromatic N) is 2. The van der Waals surface area contributed by atoms with E-state index in [-0.39, 0.29) is 19.2 Å². The van der Waals surface area contributed by atoms with Crippen LogP contribution in [0, 0.1) is 0 Å². The van der Waals surface area contributed by atoms with Crippen molar-refractivity contribution in [2.45, 2.75) is 32.2 Å². The average molecular weight is 244 g/mol. The molecule has 2 N–H and O–H groups in total. The first kappa shape index (κ1) is 13.8. The van der Waals surface area contributed by atoms with Crippen molar-refractivity contribution in [1.82, 2.24) is 9.80 Å². The van der Waals surface area contributed by atoms with Gasteiger partial charge in [0.25, 0.3) is 0 Å².